The van der Waals surface area contributed by atoms with Crippen molar-refractivity contribution in [2.75, 3.05) is 13.2 Å². The molecule has 2 saturated heterocycles. The molecule has 0 saturated carbocycles. The third-order valence-electron chi connectivity index (χ3n) is 5.46. The zero-order valence-electron chi connectivity index (χ0n) is 17.6. The summed E-state index contributed by atoms with van der Waals surface area (Å²) >= 11 is 20.5. The first-order chi connectivity index (χ1) is 16.4. The summed E-state index contributed by atoms with van der Waals surface area (Å²) in [7, 11) is 0. The van der Waals surface area contributed by atoms with Crippen molar-refractivity contribution < 1.29 is 19.1 Å². The van der Waals surface area contributed by atoms with E-state index in [4.69, 9.17) is 44.9 Å². The average Bonchev–Trinajstić information content (AvgIpc) is 3.51. The number of thioether (sulfide) groups is 1. The van der Waals surface area contributed by atoms with Crippen molar-refractivity contribution in [3.05, 3.63) is 67.9 Å². The molecule has 10 heteroatoms. The lowest BCUT2D eigenvalue weighted by Gasteiger charge is -2.18. The largest absolute Gasteiger partial charge is 0.422 e. The summed E-state index contributed by atoms with van der Waals surface area (Å²) in [6.45, 7) is 1.22. The highest BCUT2D eigenvalue weighted by Gasteiger charge is 2.34. The number of carbonyl (C=O) groups is 2. The van der Waals surface area contributed by atoms with E-state index in [2.05, 4.69) is 0 Å². The molecule has 3 heterocycles. The van der Waals surface area contributed by atoms with Crippen molar-refractivity contribution in [3.63, 3.8) is 0 Å². The normalized spacial score (nSPS) is 19.5. The highest BCUT2D eigenvalue weighted by Crippen LogP contribution is 2.40. The molecule has 1 atom stereocenters. The van der Waals surface area contributed by atoms with Gasteiger partial charge >= 0.3 is 5.97 Å². The molecule has 0 N–H and O–H groups in total. The van der Waals surface area contributed by atoms with Gasteiger partial charge in [0.15, 0.2) is 0 Å². The van der Waals surface area contributed by atoms with Gasteiger partial charge in [0.1, 0.15) is 14.9 Å². The van der Waals surface area contributed by atoms with Gasteiger partial charge in [0, 0.05) is 16.7 Å². The first-order valence-electron chi connectivity index (χ1n) is 10.5. The molecule has 34 heavy (non-hydrogen) atoms. The third kappa shape index (κ3) is 4.76. The molecule has 0 aliphatic carbocycles. The van der Waals surface area contributed by atoms with Gasteiger partial charge in [-0.2, -0.15) is 0 Å². The van der Waals surface area contributed by atoms with Crippen molar-refractivity contribution >= 4 is 90.9 Å². The third-order valence-corrected chi connectivity index (χ3v) is 8.78. The number of thiophene rings is 1. The number of fused-ring (bicyclic) bond motifs is 1. The van der Waals surface area contributed by atoms with Crippen LogP contribution in [-0.2, 0) is 9.53 Å². The Labute approximate surface area is 219 Å². The van der Waals surface area contributed by atoms with Gasteiger partial charge in [-0.05, 0) is 48.7 Å². The fraction of sp³-hybridized carbons (Fsp3) is 0.208. The lowest BCUT2D eigenvalue weighted by Crippen LogP contribution is -2.35. The van der Waals surface area contributed by atoms with Crippen LogP contribution in [0.15, 0.2) is 47.4 Å². The predicted octanol–water partition coefficient (Wildman–Crippen LogP) is 6.81. The molecule has 5 rings (SSSR count). The average molecular weight is 551 g/mol. The number of nitrogens with zero attached hydrogens (tertiary/aromatic N) is 1. The van der Waals surface area contributed by atoms with Crippen LogP contribution in [0.2, 0.25) is 10.0 Å². The smallest absolute Gasteiger partial charge is 0.355 e. The van der Waals surface area contributed by atoms with E-state index in [-0.39, 0.29) is 17.0 Å². The lowest BCUT2D eigenvalue weighted by molar-refractivity contribution is -0.123. The van der Waals surface area contributed by atoms with Gasteiger partial charge in [-0.25, -0.2) is 4.79 Å². The Morgan fingerprint density at radius 3 is 2.74 bits per heavy atom. The van der Waals surface area contributed by atoms with Gasteiger partial charge in [0.2, 0.25) is 0 Å². The Morgan fingerprint density at radius 2 is 2.03 bits per heavy atom. The summed E-state index contributed by atoms with van der Waals surface area (Å²) < 4.78 is 12.5. The summed E-state index contributed by atoms with van der Waals surface area (Å²) in [6, 6.07) is 12.3. The fourth-order valence-electron chi connectivity index (χ4n) is 3.79. The van der Waals surface area contributed by atoms with Gasteiger partial charge in [-0.3, -0.25) is 9.69 Å². The molecule has 1 amide bonds. The van der Waals surface area contributed by atoms with Crippen LogP contribution in [0.5, 0.6) is 5.75 Å². The van der Waals surface area contributed by atoms with Crippen LogP contribution in [0.4, 0.5) is 0 Å². The van der Waals surface area contributed by atoms with Crippen molar-refractivity contribution in [2.45, 2.75) is 18.9 Å². The van der Waals surface area contributed by atoms with Crippen LogP contribution in [-0.4, -0.2) is 40.4 Å². The maximum atomic E-state index is 12.8. The molecule has 1 unspecified atom stereocenters. The number of esters is 1. The molecule has 2 aliphatic rings. The quantitative estimate of drug-likeness (QED) is 0.151. The lowest BCUT2D eigenvalue weighted by atomic mass is 10.2. The summed E-state index contributed by atoms with van der Waals surface area (Å²) in [6.07, 6.45) is 3.78. The molecule has 2 aromatic carbocycles. The van der Waals surface area contributed by atoms with Crippen molar-refractivity contribution in [1.29, 1.82) is 0 Å². The molecule has 5 nitrogen and oxygen atoms in total. The van der Waals surface area contributed by atoms with Crippen LogP contribution < -0.4 is 4.74 Å². The summed E-state index contributed by atoms with van der Waals surface area (Å²) in [5, 5.41) is 1.43. The Bertz CT molecular complexity index is 1330. The number of thiocarbonyl (C=S) groups is 1. The van der Waals surface area contributed by atoms with Gasteiger partial charge in [0.25, 0.3) is 5.91 Å². The van der Waals surface area contributed by atoms with Gasteiger partial charge in [0.05, 0.1) is 27.6 Å². The zero-order valence-corrected chi connectivity index (χ0v) is 21.5. The van der Waals surface area contributed by atoms with E-state index in [1.807, 2.05) is 12.1 Å². The summed E-state index contributed by atoms with van der Waals surface area (Å²) in [4.78, 5) is 28.0. The minimum absolute atomic E-state index is 0.0429. The molecule has 3 aromatic rings. The zero-order chi connectivity index (χ0) is 23.8. The van der Waals surface area contributed by atoms with Crippen LogP contribution >= 0.6 is 58.5 Å². The monoisotopic (exact) mass is 549 g/mol. The van der Waals surface area contributed by atoms with E-state index in [9.17, 15) is 9.59 Å². The van der Waals surface area contributed by atoms with E-state index < -0.39 is 5.97 Å². The molecule has 0 spiro atoms. The SMILES string of the molecule is O=C(Oc1ccc(C=C2SC(=S)N(CC3CCCO3)C2=O)cc1)c1sc2cccc(Cl)c2c1Cl. The Morgan fingerprint density at radius 1 is 1.24 bits per heavy atom. The second kappa shape index (κ2) is 9.97. The van der Waals surface area contributed by atoms with Crippen LogP contribution in [0, 0.1) is 0 Å². The van der Waals surface area contributed by atoms with E-state index in [1.165, 1.54) is 23.1 Å². The fourth-order valence-corrected chi connectivity index (χ4v) is 6.89. The molecule has 2 fully saturated rings. The molecule has 2 aliphatic heterocycles. The van der Waals surface area contributed by atoms with E-state index in [0.717, 1.165) is 29.7 Å². The number of ether oxygens (including phenoxy) is 2. The maximum absolute atomic E-state index is 12.8. The topological polar surface area (TPSA) is 55.8 Å². The standard InChI is InChI=1S/C24H17Cl2NO4S3/c25-16-4-1-5-17-19(16)20(26)21(33-17)23(29)31-14-8-6-13(7-9-14)11-18-22(28)27(24(32)34-18)12-15-3-2-10-30-15/h1,4-9,11,15H,2-3,10,12H2. The Kier molecular flexibility index (Phi) is 6.97. The van der Waals surface area contributed by atoms with E-state index in [1.54, 1.807) is 41.3 Å². The number of hydrogen-bond acceptors (Lipinski definition) is 7. The molecule has 0 radical (unpaired) electrons. The molecule has 0 bridgehead atoms. The number of halogens is 2. The van der Waals surface area contributed by atoms with E-state index in [0.29, 0.717) is 36.8 Å². The van der Waals surface area contributed by atoms with Crippen molar-refractivity contribution in [1.82, 2.24) is 4.90 Å². The number of hydrogen-bond donors (Lipinski definition) is 0. The van der Waals surface area contributed by atoms with E-state index >= 15 is 0 Å². The number of rotatable bonds is 5. The van der Waals surface area contributed by atoms with Crippen LogP contribution in [0.25, 0.3) is 16.2 Å². The highest BCUT2D eigenvalue weighted by atomic mass is 35.5. The molecular formula is C24H17Cl2NO4S3. The van der Waals surface area contributed by atoms with Crippen molar-refractivity contribution in [3.8, 4) is 5.75 Å². The maximum Gasteiger partial charge on any atom is 0.355 e. The first-order valence-corrected chi connectivity index (χ1v) is 13.3. The van der Waals surface area contributed by atoms with Gasteiger partial charge in [-0.1, -0.05) is 65.4 Å². The second-order valence-corrected chi connectivity index (χ2v) is 11.3. The van der Waals surface area contributed by atoms with Crippen LogP contribution in [0.1, 0.15) is 28.1 Å². The van der Waals surface area contributed by atoms with Gasteiger partial charge in [-0.15, -0.1) is 11.3 Å². The predicted molar refractivity (Wildman–Crippen MR) is 142 cm³/mol. The molecular weight excluding hydrogens is 533 g/mol. The molecule has 174 valence electrons. The van der Waals surface area contributed by atoms with Crippen molar-refractivity contribution in [2.24, 2.45) is 0 Å². The Hall–Kier alpha value is -1.94. The highest BCUT2D eigenvalue weighted by molar-refractivity contribution is 8.26. The summed E-state index contributed by atoms with van der Waals surface area (Å²) in [5.74, 6) is -0.295. The molecule has 1 aromatic heterocycles. The van der Waals surface area contributed by atoms with Crippen LogP contribution in [0.3, 0.4) is 0 Å². The number of amides is 1. The minimum Gasteiger partial charge on any atom is -0.422 e. The van der Waals surface area contributed by atoms with Gasteiger partial charge < -0.3 is 9.47 Å². The second-order valence-electron chi connectivity index (χ2n) is 7.74. The number of benzene rings is 2. The summed E-state index contributed by atoms with van der Waals surface area (Å²) in [5.41, 5.74) is 0.795. The Balaban J connectivity index is 1.28. The first kappa shape index (κ1) is 23.8. The number of carbonyl (C=O) groups excluding carboxylic acids is 2. The minimum atomic E-state index is -0.551.